The van der Waals surface area contributed by atoms with E-state index in [0.29, 0.717) is 19.7 Å². The Morgan fingerprint density at radius 3 is 2.63 bits per heavy atom. The summed E-state index contributed by atoms with van der Waals surface area (Å²) in [6.07, 6.45) is 3.76. The number of hydrogen-bond acceptors (Lipinski definition) is 6. The highest BCUT2D eigenvalue weighted by Gasteiger charge is 2.28. The fourth-order valence-electron chi connectivity index (χ4n) is 3.75. The van der Waals surface area contributed by atoms with E-state index in [0.717, 1.165) is 56.9 Å². The van der Waals surface area contributed by atoms with E-state index in [1.165, 1.54) is 12.1 Å². The third kappa shape index (κ3) is 6.16. The molecule has 1 unspecified atom stereocenters. The highest BCUT2D eigenvalue weighted by atomic mass is 16.6. The van der Waals surface area contributed by atoms with Gasteiger partial charge in [-0.1, -0.05) is 12.1 Å². The summed E-state index contributed by atoms with van der Waals surface area (Å²) < 4.78 is 10.9. The number of nitrogens with one attached hydrogen (secondary N) is 1. The van der Waals surface area contributed by atoms with Crippen molar-refractivity contribution >= 4 is 17.6 Å². The van der Waals surface area contributed by atoms with Crippen LogP contribution in [0.5, 0.6) is 0 Å². The Labute approximate surface area is 176 Å². The first-order valence-electron chi connectivity index (χ1n) is 10.6. The number of carbonyl (C=O) groups is 1. The molecule has 0 aromatic heterocycles. The third-order valence-electron chi connectivity index (χ3n) is 5.48. The average Bonchev–Trinajstić information content (AvgIpc) is 3.28. The van der Waals surface area contributed by atoms with Crippen molar-refractivity contribution in [1.29, 1.82) is 0 Å². The van der Waals surface area contributed by atoms with Gasteiger partial charge in [0.15, 0.2) is 5.96 Å². The van der Waals surface area contributed by atoms with Crippen molar-refractivity contribution < 1.29 is 19.2 Å². The Morgan fingerprint density at radius 2 is 2.03 bits per heavy atom. The van der Waals surface area contributed by atoms with Crippen molar-refractivity contribution in [3.63, 3.8) is 0 Å². The van der Waals surface area contributed by atoms with Gasteiger partial charge < -0.3 is 19.7 Å². The van der Waals surface area contributed by atoms with E-state index in [4.69, 9.17) is 14.5 Å². The predicted octanol–water partition coefficient (Wildman–Crippen LogP) is 2.49. The summed E-state index contributed by atoms with van der Waals surface area (Å²) in [5, 5.41) is 14.3. The largest absolute Gasteiger partial charge is 0.466 e. The van der Waals surface area contributed by atoms with E-state index >= 15 is 0 Å². The Hall–Kier alpha value is -2.68. The van der Waals surface area contributed by atoms with Crippen molar-refractivity contribution in [2.24, 2.45) is 10.9 Å². The number of nitro groups is 1. The van der Waals surface area contributed by atoms with Crippen LogP contribution in [0, 0.1) is 16.0 Å². The normalized spacial score (nSPS) is 20.2. The molecule has 0 spiro atoms. The summed E-state index contributed by atoms with van der Waals surface area (Å²) in [6, 6.07) is 6.45. The van der Waals surface area contributed by atoms with Crippen LogP contribution in [0.2, 0.25) is 0 Å². The van der Waals surface area contributed by atoms with Crippen LogP contribution in [0.3, 0.4) is 0 Å². The lowest BCUT2D eigenvalue weighted by atomic mass is 9.97. The maximum Gasteiger partial charge on any atom is 0.309 e. The first kappa shape index (κ1) is 22.0. The van der Waals surface area contributed by atoms with Gasteiger partial charge in [-0.15, -0.1) is 0 Å². The number of guanidine groups is 1. The van der Waals surface area contributed by atoms with Gasteiger partial charge in [0.25, 0.3) is 5.69 Å². The molecule has 9 heteroatoms. The van der Waals surface area contributed by atoms with Crippen LogP contribution in [0.4, 0.5) is 5.69 Å². The van der Waals surface area contributed by atoms with Gasteiger partial charge in [-0.3, -0.25) is 14.9 Å². The second-order valence-corrected chi connectivity index (χ2v) is 7.59. The zero-order chi connectivity index (χ0) is 21.3. The van der Waals surface area contributed by atoms with Gasteiger partial charge >= 0.3 is 5.97 Å². The molecule has 0 radical (unpaired) electrons. The van der Waals surface area contributed by atoms with Crippen LogP contribution in [0.15, 0.2) is 29.3 Å². The third-order valence-corrected chi connectivity index (χ3v) is 5.48. The van der Waals surface area contributed by atoms with Crippen molar-refractivity contribution in [2.75, 3.05) is 32.8 Å². The van der Waals surface area contributed by atoms with E-state index in [1.807, 2.05) is 6.92 Å². The van der Waals surface area contributed by atoms with Crippen LogP contribution < -0.4 is 5.32 Å². The molecule has 0 saturated carbocycles. The van der Waals surface area contributed by atoms with Crippen LogP contribution >= 0.6 is 0 Å². The molecule has 0 aliphatic carbocycles. The minimum atomic E-state index is -0.407. The summed E-state index contributed by atoms with van der Waals surface area (Å²) in [5.41, 5.74) is 0.971. The standard InChI is InChI=1S/C21H30N4O5/c1-2-29-20(26)17-9-11-24(12-10-17)21(23-15-19-4-3-13-30-19)22-14-16-5-7-18(8-6-16)25(27)28/h5-8,17,19H,2-4,9-15H2,1H3,(H,22,23). The molecule has 1 N–H and O–H groups in total. The Balaban J connectivity index is 1.63. The molecule has 0 bridgehead atoms. The molecule has 1 aromatic rings. The second kappa shape index (κ2) is 10.9. The molecule has 2 saturated heterocycles. The lowest BCUT2D eigenvalue weighted by Gasteiger charge is -2.33. The highest BCUT2D eigenvalue weighted by molar-refractivity contribution is 5.80. The van der Waals surface area contributed by atoms with Gasteiger partial charge in [0.05, 0.1) is 30.1 Å². The van der Waals surface area contributed by atoms with Gasteiger partial charge in [0.2, 0.25) is 0 Å². The molecular weight excluding hydrogens is 388 g/mol. The average molecular weight is 418 g/mol. The van der Waals surface area contributed by atoms with Crippen molar-refractivity contribution in [3.05, 3.63) is 39.9 Å². The Bertz CT molecular complexity index is 738. The second-order valence-electron chi connectivity index (χ2n) is 7.59. The zero-order valence-corrected chi connectivity index (χ0v) is 17.4. The Kier molecular flexibility index (Phi) is 8.01. The van der Waals surface area contributed by atoms with Crippen molar-refractivity contribution in [1.82, 2.24) is 10.2 Å². The topological polar surface area (TPSA) is 106 Å². The molecule has 0 amide bonds. The summed E-state index contributed by atoms with van der Waals surface area (Å²) in [5.74, 6) is 0.607. The summed E-state index contributed by atoms with van der Waals surface area (Å²) in [6.45, 7) is 5.59. The molecule has 3 rings (SSSR count). The molecule has 2 aliphatic rings. The number of nitrogens with zero attached hydrogens (tertiary/aromatic N) is 3. The quantitative estimate of drug-likeness (QED) is 0.238. The molecule has 2 heterocycles. The molecule has 30 heavy (non-hydrogen) atoms. The lowest BCUT2D eigenvalue weighted by molar-refractivity contribution is -0.384. The number of non-ortho nitro benzene ring substituents is 1. The van der Waals surface area contributed by atoms with E-state index in [-0.39, 0.29) is 23.7 Å². The fourth-order valence-corrected chi connectivity index (χ4v) is 3.75. The maximum atomic E-state index is 12.0. The fraction of sp³-hybridized carbons (Fsp3) is 0.619. The van der Waals surface area contributed by atoms with Crippen LogP contribution in [-0.2, 0) is 20.8 Å². The predicted molar refractivity (Wildman–Crippen MR) is 112 cm³/mol. The van der Waals surface area contributed by atoms with E-state index < -0.39 is 4.92 Å². The first-order chi connectivity index (χ1) is 14.6. The number of aliphatic imine (C=N–C) groups is 1. The monoisotopic (exact) mass is 418 g/mol. The number of likely N-dealkylation sites (tertiary alicyclic amines) is 1. The van der Waals surface area contributed by atoms with Gasteiger partial charge in [0.1, 0.15) is 0 Å². The number of carbonyl (C=O) groups excluding carboxylic acids is 1. The molecule has 9 nitrogen and oxygen atoms in total. The molecule has 1 aromatic carbocycles. The van der Waals surface area contributed by atoms with Crippen molar-refractivity contribution in [3.8, 4) is 0 Å². The molecule has 164 valence electrons. The molecule has 2 aliphatic heterocycles. The van der Waals surface area contributed by atoms with Gasteiger partial charge in [-0.25, -0.2) is 4.99 Å². The van der Waals surface area contributed by atoms with Crippen LogP contribution in [0.25, 0.3) is 0 Å². The number of piperidine rings is 1. The number of ether oxygens (including phenoxy) is 2. The van der Waals surface area contributed by atoms with Crippen LogP contribution in [0.1, 0.15) is 38.2 Å². The van der Waals surface area contributed by atoms with E-state index in [2.05, 4.69) is 10.2 Å². The van der Waals surface area contributed by atoms with Crippen LogP contribution in [-0.4, -0.2) is 60.7 Å². The van der Waals surface area contributed by atoms with Gasteiger partial charge in [-0.05, 0) is 38.2 Å². The number of esters is 1. The number of nitro benzene ring substituents is 1. The highest BCUT2D eigenvalue weighted by Crippen LogP contribution is 2.20. The van der Waals surface area contributed by atoms with E-state index in [9.17, 15) is 14.9 Å². The smallest absolute Gasteiger partial charge is 0.309 e. The number of rotatable bonds is 7. The minimum Gasteiger partial charge on any atom is -0.466 e. The molecule has 2 fully saturated rings. The molecular formula is C21H30N4O5. The number of benzene rings is 1. The summed E-state index contributed by atoms with van der Waals surface area (Å²) in [7, 11) is 0. The zero-order valence-electron chi connectivity index (χ0n) is 17.4. The number of hydrogen-bond donors (Lipinski definition) is 1. The summed E-state index contributed by atoms with van der Waals surface area (Å²) >= 11 is 0. The summed E-state index contributed by atoms with van der Waals surface area (Å²) in [4.78, 5) is 29.3. The lowest BCUT2D eigenvalue weighted by Crippen LogP contribution is -2.48. The van der Waals surface area contributed by atoms with Gasteiger partial charge in [0, 0.05) is 38.4 Å². The first-order valence-corrected chi connectivity index (χ1v) is 10.6. The minimum absolute atomic E-state index is 0.0599. The van der Waals surface area contributed by atoms with Crippen molar-refractivity contribution in [2.45, 2.75) is 45.3 Å². The molecule has 1 atom stereocenters. The Morgan fingerprint density at radius 1 is 1.30 bits per heavy atom. The maximum absolute atomic E-state index is 12.0. The van der Waals surface area contributed by atoms with Gasteiger partial charge in [-0.2, -0.15) is 0 Å². The van der Waals surface area contributed by atoms with E-state index in [1.54, 1.807) is 12.1 Å². The SMILES string of the molecule is CCOC(=O)C1CCN(C(=NCc2ccc([N+](=O)[O-])cc2)NCC2CCCO2)CC1.